The first-order valence-corrected chi connectivity index (χ1v) is 8.66. The minimum Gasteiger partial charge on any atom is -0.381 e. The first-order chi connectivity index (χ1) is 8.96. The topological polar surface area (TPSA) is 75.7 Å². The summed E-state index contributed by atoms with van der Waals surface area (Å²) in [5.74, 6) is 0.484. The van der Waals surface area contributed by atoms with Crippen molar-refractivity contribution in [2.75, 3.05) is 32.6 Å². The first kappa shape index (κ1) is 14.7. The Morgan fingerprint density at radius 1 is 1.37 bits per heavy atom. The molecular weight excluding hydrogens is 268 g/mol. The lowest BCUT2D eigenvalue weighted by Crippen LogP contribution is -2.39. The highest BCUT2D eigenvalue weighted by atomic mass is 32.2. The van der Waals surface area contributed by atoms with Crippen molar-refractivity contribution in [2.45, 2.75) is 31.7 Å². The molecule has 0 radical (unpaired) electrons. The molecule has 0 aromatic carbocycles. The molecule has 7 heteroatoms. The summed E-state index contributed by atoms with van der Waals surface area (Å²) in [6.45, 7) is 2.45. The van der Waals surface area contributed by atoms with Gasteiger partial charge in [-0.2, -0.15) is 0 Å². The predicted molar refractivity (Wildman–Crippen MR) is 71.1 cm³/mol. The molecule has 0 aromatic rings. The number of nitrogens with zero attached hydrogens (tertiary/aromatic N) is 1. The fraction of sp³-hybridized carbons (Fsp3) is 0.917. The number of carbonyl (C=O) groups is 1. The maximum Gasteiger partial charge on any atom is 0.224 e. The SMILES string of the molecule is CS(=O)(=O)NCCC(=O)N(C[C@@H]1CCOC1)C1CC1. The van der Waals surface area contributed by atoms with Crippen molar-refractivity contribution < 1.29 is 17.9 Å². The van der Waals surface area contributed by atoms with Crippen molar-refractivity contribution in [3.8, 4) is 0 Å². The van der Waals surface area contributed by atoms with Gasteiger partial charge >= 0.3 is 0 Å². The summed E-state index contributed by atoms with van der Waals surface area (Å²) in [7, 11) is -3.21. The second kappa shape index (κ2) is 6.19. The second-order valence-corrected chi connectivity index (χ2v) is 7.26. The van der Waals surface area contributed by atoms with E-state index in [1.54, 1.807) is 0 Å². The average molecular weight is 290 g/mol. The van der Waals surface area contributed by atoms with Gasteiger partial charge < -0.3 is 9.64 Å². The number of ether oxygens (including phenoxy) is 1. The summed E-state index contributed by atoms with van der Waals surface area (Å²) in [5.41, 5.74) is 0. The number of nitrogens with one attached hydrogen (secondary N) is 1. The molecule has 2 rings (SSSR count). The van der Waals surface area contributed by atoms with E-state index in [0.717, 1.165) is 45.3 Å². The second-order valence-electron chi connectivity index (χ2n) is 5.42. The Morgan fingerprint density at radius 3 is 2.63 bits per heavy atom. The maximum atomic E-state index is 12.1. The Bertz CT molecular complexity index is 413. The molecule has 0 spiro atoms. The zero-order chi connectivity index (χ0) is 13.9. The van der Waals surface area contributed by atoms with Gasteiger partial charge in [-0.25, -0.2) is 13.1 Å². The fourth-order valence-electron chi connectivity index (χ4n) is 2.33. The van der Waals surface area contributed by atoms with Crippen LogP contribution in [0.25, 0.3) is 0 Å². The predicted octanol–water partition coefficient (Wildman–Crippen LogP) is -0.0468. The van der Waals surface area contributed by atoms with E-state index in [-0.39, 0.29) is 18.9 Å². The van der Waals surface area contributed by atoms with Gasteiger partial charge in [0.2, 0.25) is 15.9 Å². The van der Waals surface area contributed by atoms with E-state index in [2.05, 4.69) is 4.72 Å². The summed E-state index contributed by atoms with van der Waals surface area (Å²) in [4.78, 5) is 14.1. The Balaban J connectivity index is 1.79. The first-order valence-electron chi connectivity index (χ1n) is 6.77. The zero-order valence-corrected chi connectivity index (χ0v) is 12.1. The largest absolute Gasteiger partial charge is 0.381 e. The molecule has 1 amide bonds. The van der Waals surface area contributed by atoms with Gasteiger partial charge in [0, 0.05) is 38.1 Å². The lowest BCUT2D eigenvalue weighted by Gasteiger charge is -2.25. The zero-order valence-electron chi connectivity index (χ0n) is 11.3. The van der Waals surface area contributed by atoms with Crippen molar-refractivity contribution in [3.05, 3.63) is 0 Å². The van der Waals surface area contributed by atoms with Gasteiger partial charge in [0.25, 0.3) is 0 Å². The highest BCUT2D eigenvalue weighted by Crippen LogP contribution is 2.29. The summed E-state index contributed by atoms with van der Waals surface area (Å²) in [6, 6.07) is 0.367. The molecule has 0 unspecified atom stereocenters. The molecule has 2 aliphatic rings. The third kappa shape index (κ3) is 5.08. The third-order valence-corrected chi connectivity index (χ3v) is 4.22. The highest BCUT2D eigenvalue weighted by molar-refractivity contribution is 7.88. The number of hydrogen-bond acceptors (Lipinski definition) is 4. The van der Waals surface area contributed by atoms with Crippen LogP contribution in [0.3, 0.4) is 0 Å². The number of amides is 1. The molecule has 0 aromatic heterocycles. The van der Waals surface area contributed by atoms with Crippen LogP contribution in [0.15, 0.2) is 0 Å². The Labute approximate surface area is 114 Å². The Kier molecular flexibility index (Phi) is 4.81. The van der Waals surface area contributed by atoms with Crippen LogP contribution >= 0.6 is 0 Å². The van der Waals surface area contributed by atoms with Crippen molar-refractivity contribution >= 4 is 15.9 Å². The number of sulfonamides is 1. The van der Waals surface area contributed by atoms with Crippen molar-refractivity contribution in [2.24, 2.45) is 5.92 Å². The standard InChI is InChI=1S/C12H22N2O4S/c1-19(16,17)13-6-4-12(15)14(11-2-3-11)8-10-5-7-18-9-10/h10-11,13H,2-9H2,1H3/t10-/m0/s1. The van der Waals surface area contributed by atoms with E-state index in [9.17, 15) is 13.2 Å². The molecule has 2 fully saturated rings. The quantitative estimate of drug-likeness (QED) is 0.713. The number of rotatable bonds is 7. The molecule has 1 aliphatic heterocycles. The fourth-order valence-corrected chi connectivity index (χ4v) is 2.81. The molecule has 1 saturated carbocycles. The van der Waals surface area contributed by atoms with E-state index in [4.69, 9.17) is 4.74 Å². The highest BCUT2D eigenvalue weighted by Gasteiger charge is 2.34. The van der Waals surface area contributed by atoms with Gasteiger partial charge in [0.15, 0.2) is 0 Å². The maximum absolute atomic E-state index is 12.1. The van der Waals surface area contributed by atoms with Crippen LogP contribution < -0.4 is 4.72 Å². The average Bonchev–Trinajstić information content (AvgIpc) is 3.01. The van der Waals surface area contributed by atoms with Crippen molar-refractivity contribution in [3.63, 3.8) is 0 Å². The smallest absolute Gasteiger partial charge is 0.224 e. The van der Waals surface area contributed by atoms with Crippen LogP contribution in [-0.4, -0.2) is 57.8 Å². The van der Waals surface area contributed by atoms with Crippen LogP contribution in [-0.2, 0) is 19.6 Å². The summed E-state index contributed by atoms with van der Waals surface area (Å²) in [6.07, 6.45) is 4.49. The Morgan fingerprint density at radius 2 is 2.11 bits per heavy atom. The molecule has 1 heterocycles. The van der Waals surface area contributed by atoms with Gasteiger partial charge in [-0.15, -0.1) is 0 Å². The molecule has 19 heavy (non-hydrogen) atoms. The van der Waals surface area contributed by atoms with Crippen LogP contribution in [0.5, 0.6) is 0 Å². The lowest BCUT2D eigenvalue weighted by atomic mass is 10.1. The van der Waals surface area contributed by atoms with Crippen LogP contribution in [0.1, 0.15) is 25.7 Å². The van der Waals surface area contributed by atoms with E-state index in [1.165, 1.54) is 0 Å². The monoisotopic (exact) mass is 290 g/mol. The molecule has 6 nitrogen and oxygen atoms in total. The lowest BCUT2D eigenvalue weighted by molar-refractivity contribution is -0.132. The van der Waals surface area contributed by atoms with Crippen molar-refractivity contribution in [1.82, 2.24) is 9.62 Å². The molecule has 0 bridgehead atoms. The summed E-state index contributed by atoms with van der Waals surface area (Å²) < 4.78 is 29.6. The van der Waals surface area contributed by atoms with Gasteiger partial charge in [-0.1, -0.05) is 0 Å². The molecule has 1 aliphatic carbocycles. The Hall–Kier alpha value is -0.660. The number of carbonyl (C=O) groups excluding carboxylic acids is 1. The minimum atomic E-state index is -3.21. The normalized spacial score (nSPS) is 23.5. The van der Waals surface area contributed by atoms with Crippen LogP contribution in [0.2, 0.25) is 0 Å². The van der Waals surface area contributed by atoms with E-state index in [1.807, 2.05) is 4.90 Å². The van der Waals surface area contributed by atoms with Gasteiger partial charge in [0.05, 0.1) is 12.9 Å². The van der Waals surface area contributed by atoms with Crippen molar-refractivity contribution in [1.29, 1.82) is 0 Å². The van der Waals surface area contributed by atoms with E-state index in [0.29, 0.717) is 12.0 Å². The molecule has 1 N–H and O–H groups in total. The molecule has 110 valence electrons. The van der Waals surface area contributed by atoms with Gasteiger partial charge in [-0.05, 0) is 19.3 Å². The molecule has 1 saturated heterocycles. The van der Waals surface area contributed by atoms with E-state index >= 15 is 0 Å². The summed E-state index contributed by atoms with van der Waals surface area (Å²) >= 11 is 0. The van der Waals surface area contributed by atoms with Gasteiger partial charge in [0.1, 0.15) is 0 Å². The minimum absolute atomic E-state index is 0.0468. The molecular formula is C12H22N2O4S. The number of hydrogen-bond donors (Lipinski definition) is 1. The van der Waals surface area contributed by atoms with Crippen LogP contribution in [0.4, 0.5) is 0 Å². The van der Waals surface area contributed by atoms with Crippen LogP contribution in [0, 0.1) is 5.92 Å². The van der Waals surface area contributed by atoms with E-state index < -0.39 is 10.0 Å². The summed E-state index contributed by atoms with van der Waals surface area (Å²) in [5, 5.41) is 0. The molecule has 1 atom stereocenters. The van der Waals surface area contributed by atoms with Gasteiger partial charge in [-0.3, -0.25) is 4.79 Å². The third-order valence-electron chi connectivity index (χ3n) is 3.49.